The van der Waals surface area contributed by atoms with Gasteiger partial charge in [0.05, 0.1) is 0 Å². The molecule has 4 aromatic carbocycles. The first kappa shape index (κ1) is 15.2. The quantitative estimate of drug-likeness (QED) is 0.431. The molecule has 4 rings (SSSR count). The van der Waals surface area contributed by atoms with E-state index in [9.17, 15) is 10.2 Å². The van der Waals surface area contributed by atoms with Gasteiger partial charge >= 0.3 is 0 Å². The number of fused-ring (bicyclic) bond motifs is 2. The van der Waals surface area contributed by atoms with Crippen molar-refractivity contribution < 1.29 is 10.2 Å². The third-order valence-electron chi connectivity index (χ3n) is 3.87. The number of hydrogen-bond acceptors (Lipinski definition) is 4. The molecular formula is C20H14O2S2. The van der Waals surface area contributed by atoms with Gasteiger partial charge in [-0.2, -0.15) is 0 Å². The molecule has 4 aromatic rings. The summed E-state index contributed by atoms with van der Waals surface area (Å²) in [6.45, 7) is 0. The van der Waals surface area contributed by atoms with E-state index in [4.69, 9.17) is 0 Å². The van der Waals surface area contributed by atoms with Crippen molar-refractivity contribution in [2.75, 3.05) is 0 Å². The van der Waals surface area contributed by atoms with Crippen LogP contribution < -0.4 is 0 Å². The van der Waals surface area contributed by atoms with Crippen LogP contribution in [0.2, 0.25) is 0 Å². The molecule has 0 aliphatic heterocycles. The average Bonchev–Trinajstić information content (AvgIpc) is 2.60. The van der Waals surface area contributed by atoms with Crippen LogP contribution in [0.1, 0.15) is 0 Å². The highest BCUT2D eigenvalue weighted by Crippen LogP contribution is 2.43. The lowest BCUT2D eigenvalue weighted by molar-refractivity contribution is 0.475. The van der Waals surface area contributed by atoms with E-state index < -0.39 is 0 Å². The van der Waals surface area contributed by atoms with Crippen LogP contribution in [0.5, 0.6) is 11.5 Å². The van der Waals surface area contributed by atoms with Gasteiger partial charge < -0.3 is 10.2 Å². The smallest absolute Gasteiger partial charge is 0.116 e. The molecule has 0 unspecified atom stereocenters. The number of benzene rings is 4. The SMILES string of the molecule is Oc1ccc2cccc(SSc3cccc4ccc(O)cc34)c2c1. The Balaban J connectivity index is 1.71. The van der Waals surface area contributed by atoms with Crippen molar-refractivity contribution in [2.24, 2.45) is 0 Å². The molecule has 0 fully saturated rings. The number of rotatable bonds is 3. The lowest BCUT2D eigenvalue weighted by atomic mass is 10.1. The highest BCUT2D eigenvalue weighted by atomic mass is 33.1. The van der Waals surface area contributed by atoms with Crippen LogP contribution in [0.15, 0.2) is 82.6 Å². The number of aromatic hydroxyl groups is 2. The third-order valence-corrected chi connectivity index (χ3v) is 6.35. The Morgan fingerprint density at radius 1 is 0.542 bits per heavy atom. The zero-order valence-electron chi connectivity index (χ0n) is 12.6. The average molecular weight is 350 g/mol. The third kappa shape index (κ3) is 2.90. The predicted molar refractivity (Wildman–Crippen MR) is 103 cm³/mol. The van der Waals surface area contributed by atoms with Gasteiger partial charge in [0.1, 0.15) is 11.5 Å². The fourth-order valence-electron chi connectivity index (χ4n) is 2.70. The van der Waals surface area contributed by atoms with Crippen LogP contribution in [0, 0.1) is 0 Å². The molecule has 0 amide bonds. The van der Waals surface area contributed by atoms with Gasteiger partial charge in [-0.3, -0.25) is 0 Å². The first-order valence-corrected chi connectivity index (χ1v) is 9.64. The molecule has 0 saturated heterocycles. The Morgan fingerprint density at radius 3 is 1.46 bits per heavy atom. The fraction of sp³-hybridized carbons (Fsp3) is 0. The molecule has 2 N–H and O–H groups in total. The second-order valence-electron chi connectivity index (χ2n) is 5.49. The summed E-state index contributed by atoms with van der Waals surface area (Å²) >= 11 is 0. The Kier molecular flexibility index (Phi) is 4.00. The van der Waals surface area contributed by atoms with E-state index in [1.54, 1.807) is 45.9 Å². The lowest BCUT2D eigenvalue weighted by Gasteiger charge is -2.08. The first-order valence-electron chi connectivity index (χ1n) is 7.49. The number of phenolic OH excluding ortho intramolecular Hbond substituents is 2. The van der Waals surface area contributed by atoms with Crippen LogP contribution in [-0.4, -0.2) is 10.2 Å². The molecule has 24 heavy (non-hydrogen) atoms. The maximum Gasteiger partial charge on any atom is 0.116 e. The molecule has 0 spiro atoms. The Morgan fingerprint density at radius 2 is 1.00 bits per heavy atom. The van der Waals surface area contributed by atoms with Gasteiger partial charge in [-0.15, -0.1) is 0 Å². The molecule has 0 heterocycles. The van der Waals surface area contributed by atoms with E-state index in [1.807, 2.05) is 36.4 Å². The lowest BCUT2D eigenvalue weighted by Crippen LogP contribution is -1.78. The molecule has 0 radical (unpaired) electrons. The predicted octanol–water partition coefficient (Wildman–Crippen LogP) is 6.20. The van der Waals surface area contributed by atoms with E-state index in [1.165, 1.54) is 0 Å². The topological polar surface area (TPSA) is 40.5 Å². The molecule has 0 aliphatic rings. The summed E-state index contributed by atoms with van der Waals surface area (Å²) in [6, 6.07) is 23.1. The van der Waals surface area contributed by atoms with Crippen LogP contribution in [0.25, 0.3) is 21.5 Å². The van der Waals surface area contributed by atoms with Gasteiger partial charge in [-0.25, -0.2) is 0 Å². The number of hydrogen-bond donors (Lipinski definition) is 2. The Bertz CT molecular complexity index is 959. The monoisotopic (exact) mass is 350 g/mol. The van der Waals surface area contributed by atoms with Gasteiger partial charge in [0.25, 0.3) is 0 Å². The minimum absolute atomic E-state index is 0.274. The summed E-state index contributed by atoms with van der Waals surface area (Å²) < 4.78 is 0. The van der Waals surface area contributed by atoms with Crippen LogP contribution in [0.4, 0.5) is 0 Å². The van der Waals surface area contributed by atoms with E-state index in [0.717, 1.165) is 31.3 Å². The van der Waals surface area contributed by atoms with Crippen molar-refractivity contribution in [3.63, 3.8) is 0 Å². The minimum Gasteiger partial charge on any atom is -0.508 e. The zero-order chi connectivity index (χ0) is 16.5. The maximum absolute atomic E-state index is 9.77. The van der Waals surface area contributed by atoms with E-state index in [-0.39, 0.29) is 11.5 Å². The molecule has 2 nitrogen and oxygen atoms in total. The summed E-state index contributed by atoms with van der Waals surface area (Å²) in [5.41, 5.74) is 0. The Labute approximate surface area is 147 Å². The molecular weight excluding hydrogens is 336 g/mol. The minimum atomic E-state index is 0.274. The van der Waals surface area contributed by atoms with Gasteiger partial charge in [0, 0.05) is 9.79 Å². The molecule has 0 bridgehead atoms. The summed E-state index contributed by atoms with van der Waals surface area (Å²) in [4.78, 5) is 2.20. The molecule has 118 valence electrons. The van der Waals surface area contributed by atoms with Crippen LogP contribution >= 0.6 is 21.6 Å². The van der Waals surface area contributed by atoms with Crippen molar-refractivity contribution >= 4 is 43.1 Å². The van der Waals surface area contributed by atoms with Crippen LogP contribution in [-0.2, 0) is 0 Å². The number of phenols is 2. The second-order valence-corrected chi connectivity index (χ2v) is 7.70. The highest BCUT2D eigenvalue weighted by molar-refractivity contribution is 8.76. The summed E-state index contributed by atoms with van der Waals surface area (Å²) in [6.07, 6.45) is 0. The maximum atomic E-state index is 9.77. The molecule has 0 saturated carbocycles. The van der Waals surface area contributed by atoms with Gasteiger partial charge in [0.15, 0.2) is 0 Å². The van der Waals surface area contributed by atoms with Crippen molar-refractivity contribution in [3.05, 3.63) is 72.8 Å². The van der Waals surface area contributed by atoms with Crippen molar-refractivity contribution in [3.8, 4) is 11.5 Å². The highest BCUT2D eigenvalue weighted by Gasteiger charge is 2.07. The standard InChI is InChI=1S/C20H14O2S2/c21-15-9-7-13-3-1-5-19(17(13)11-15)23-24-20-6-2-4-14-8-10-16(22)12-18(14)20/h1-12,21-22H. The summed E-state index contributed by atoms with van der Waals surface area (Å²) in [7, 11) is 3.31. The molecule has 0 aromatic heterocycles. The van der Waals surface area contributed by atoms with E-state index in [0.29, 0.717) is 0 Å². The van der Waals surface area contributed by atoms with E-state index >= 15 is 0 Å². The fourth-order valence-corrected chi connectivity index (χ4v) is 5.09. The largest absolute Gasteiger partial charge is 0.508 e. The van der Waals surface area contributed by atoms with E-state index in [2.05, 4.69) is 12.1 Å². The van der Waals surface area contributed by atoms with Gasteiger partial charge in [-0.1, -0.05) is 58.0 Å². The zero-order valence-corrected chi connectivity index (χ0v) is 14.3. The van der Waals surface area contributed by atoms with Crippen molar-refractivity contribution in [1.82, 2.24) is 0 Å². The van der Waals surface area contributed by atoms with Gasteiger partial charge in [-0.05, 0) is 57.9 Å². The second kappa shape index (κ2) is 6.30. The Hall–Kier alpha value is -2.30. The molecule has 4 heteroatoms. The van der Waals surface area contributed by atoms with Crippen molar-refractivity contribution in [1.29, 1.82) is 0 Å². The summed E-state index contributed by atoms with van der Waals surface area (Å²) in [5, 5.41) is 23.8. The van der Waals surface area contributed by atoms with Crippen LogP contribution in [0.3, 0.4) is 0 Å². The first-order chi connectivity index (χ1) is 11.7. The molecule has 0 aliphatic carbocycles. The normalized spacial score (nSPS) is 11.2. The van der Waals surface area contributed by atoms with Gasteiger partial charge in [0.2, 0.25) is 0 Å². The summed E-state index contributed by atoms with van der Waals surface area (Å²) in [5.74, 6) is 0.547. The van der Waals surface area contributed by atoms with Crippen molar-refractivity contribution in [2.45, 2.75) is 9.79 Å². The molecule has 0 atom stereocenters.